The van der Waals surface area contributed by atoms with Crippen molar-refractivity contribution in [1.82, 2.24) is 20.2 Å². The van der Waals surface area contributed by atoms with Gasteiger partial charge in [0.15, 0.2) is 17.4 Å². The van der Waals surface area contributed by atoms with Crippen LogP contribution in [0.1, 0.15) is 18.2 Å². The van der Waals surface area contributed by atoms with Gasteiger partial charge < -0.3 is 20.6 Å². The second kappa shape index (κ2) is 7.27. The minimum Gasteiger partial charge on any atom is -0.505 e. The Balaban J connectivity index is 1.70. The third-order valence-electron chi connectivity index (χ3n) is 4.65. The zero-order chi connectivity index (χ0) is 20.5. The topological polar surface area (TPSA) is 130 Å². The van der Waals surface area contributed by atoms with Gasteiger partial charge in [-0.1, -0.05) is 13.0 Å². The van der Waals surface area contributed by atoms with Gasteiger partial charge >= 0.3 is 6.09 Å². The zero-order valence-corrected chi connectivity index (χ0v) is 15.5. The molecule has 2 aromatic carbocycles. The van der Waals surface area contributed by atoms with Gasteiger partial charge in [-0.2, -0.15) is 5.10 Å². The van der Waals surface area contributed by atoms with Gasteiger partial charge in [0.25, 0.3) is 0 Å². The molecule has 2 heterocycles. The second-order valence-corrected chi connectivity index (χ2v) is 6.51. The molecule has 5 N–H and O–H groups in total. The quantitative estimate of drug-likeness (QED) is 0.410. The maximum Gasteiger partial charge on any atom is 0.404 e. The first kappa shape index (κ1) is 18.5. The number of aromatic amines is 2. The Morgan fingerprint density at radius 3 is 2.90 bits per heavy atom. The van der Waals surface area contributed by atoms with Gasteiger partial charge in [-0.3, -0.25) is 5.10 Å². The number of nitrogens with two attached hydrogens (primary N) is 1. The van der Waals surface area contributed by atoms with Gasteiger partial charge in [-0.05, 0) is 47.4 Å². The van der Waals surface area contributed by atoms with E-state index in [1.165, 1.54) is 12.1 Å². The number of amides is 1. The molecular weight excluding hydrogens is 377 g/mol. The van der Waals surface area contributed by atoms with Gasteiger partial charge in [-0.25, -0.2) is 14.2 Å². The third-order valence-corrected chi connectivity index (χ3v) is 4.65. The van der Waals surface area contributed by atoms with Crippen LogP contribution in [0.15, 0.2) is 36.5 Å². The number of phenols is 1. The lowest BCUT2D eigenvalue weighted by Gasteiger charge is -2.10. The molecule has 4 rings (SSSR count). The molecule has 29 heavy (non-hydrogen) atoms. The summed E-state index contributed by atoms with van der Waals surface area (Å²) in [7, 11) is 0. The minimum atomic E-state index is -0.865. The fourth-order valence-corrected chi connectivity index (χ4v) is 3.24. The molecule has 148 valence electrons. The second-order valence-electron chi connectivity index (χ2n) is 6.51. The molecule has 0 fully saturated rings. The molecule has 0 unspecified atom stereocenters. The van der Waals surface area contributed by atoms with Crippen LogP contribution in [0, 0.1) is 5.82 Å². The average molecular weight is 395 g/mol. The first-order valence-electron chi connectivity index (χ1n) is 8.92. The molecule has 2 aromatic heterocycles. The van der Waals surface area contributed by atoms with E-state index in [0.29, 0.717) is 29.2 Å². The number of rotatable bonds is 5. The Hall–Kier alpha value is -3.88. The predicted molar refractivity (Wildman–Crippen MR) is 104 cm³/mol. The van der Waals surface area contributed by atoms with Crippen LogP contribution >= 0.6 is 0 Å². The molecule has 4 aromatic rings. The van der Waals surface area contributed by atoms with Crippen molar-refractivity contribution in [2.75, 3.05) is 0 Å². The number of benzene rings is 2. The summed E-state index contributed by atoms with van der Waals surface area (Å²) in [5.74, 6) is -0.509. The van der Waals surface area contributed by atoms with Crippen LogP contribution in [-0.2, 0) is 17.8 Å². The number of carbonyl (C=O) groups excluding carboxylic acids is 1. The van der Waals surface area contributed by atoms with Crippen LogP contribution in [0.25, 0.3) is 33.5 Å². The molecule has 0 saturated heterocycles. The summed E-state index contributed by atoms with van der Waals surface area (Å²) in [6, 6.07) is 8.40. The van der Waals surface area contributed by atoms with E-state index < -0.39 is 11.9 Å². The van der Waals surface area contributed by atoms with Crippen molar-refractivity contribution in [2.45, 2.75) is 20.0 Å². The number of imidazole rings is 1. The minimum absolute atomic E-state index is 0.0128. The first-order valence-corrected chi connectivity index (χ1v) is 8.92. The van der Waals surface area contributed by atoms with Crippen molar-refractivity contribution in [3.63, 3.8) is 0 Å². The van der Waals surface area contributed by atoms with E-state index in [1.807, 2.05) is 25.1 Å². The van der Waals surface area contributed by atoms with E-state index in [9.17, 15) is 14.3 Å². The zero-order valence-electron chi connectivity index (χ0n) is 15.5. The Morgan fingerprint density at radius 2 is 2.14 bits per heavy atom. The molecule has 8 nitrogen and oxygen atoms in total. The maximum atomic E-state index is 13.9. The Morgan fingerprint density at radius 1 is 1.31 bits per heavy atom. The molecule has 0 radical (unpaired) electrons. The van der Waals surface area contributed by atoms with Gasteiger partial charge in [0.2, 0.25) is 0 Å². The Bertz CT molecular complexity index is 1210. The van der Waals surface area contributed by atoms with Gasteiger partial charge in [0.1, 0.15) is 12.3 Å². The van der Waals surface area contributed by atoms with E-state index in [4.69, 9.17) is 10.5 Å². The fraction of sp³-hybridized carbons (Fsp3) is 0.150. The van der Waals surface area contributed by atoms with Crippen LogP contribution in [0.5, 0.6) is 5.75 Å². The normalized spacial score (nSPS) is 11.1. The number of hydrogen-bond acceptors (Lipinski definition) is 5. The van der Waals surface area contributed by atoms with Crippen molar-refractivity contribution in [1.29, 1.82) is 0 Å². The first-order chi connectivity index (χ1) is 14.0. The lowest BCUT2D eigenvalue weighted by atomic mass is 9.96. The summed E-state index contributed by atoms with van der Waals surface area (Å²) in [6.45, 7) is 1.93. The van der Waals surface area contributed by atoms with Gasteiger partial charge in [-0.15, -0.1) is 0 Å². The molecule has 0 saturated carbocycles. The number of ether oxygens (including phenoxy) is 1. The van der Waals surface area contributed by atoms with Crippen molar-refractivity contribution in [3.8, 4) is 28.4 Å². The number of phenolic OH excluding ortho intramolecular Hbond substituents is 1. The molecule has 9 heteroatoms. The summed E-state index contributed by atoms with van der Waals surface area (Å²) in [6.07, 6.45) is 1.33. The molecule has 1 amide bonds. The SMILES string of the molecule is CCc1cc(O)c(F)cc1-c1ccc2c(-c3ncc(COC(N)=O)[nH]3)n[nH]c2c1. The fourth-order valence-electron chi connectivity index (χ4n) is 3.24. The Labute approximate surface area is 164 Å². The molecule has 0 spiro atoms. The van der Waals surface area contributed by atoms with Crippen LogP contribution in [0.4, 0.5) is 9.18 Å². The number of aryl methyl sites for hydroxylation is 1. The molecular formula is C20H18FN5O3. The van der Waals surface area contributed by atoms with Gasteiger partial charge in [0.05, 0.1) is 17.4 Å². The smallest absolute Gasteiger partial charge is 0.404 e. The number of fused-ring (bicyclic) bond motifs is 1. The summed E-state index contributed by atoms with van der Waals surface area (Å²) in [5, 5.41) is 17.7. The van der Waals surface area contributed by atoms with Crippen molar-refractivity contribution in [2.24, 2.45) is 5.73 Å². The highest BCUT2D eigenvalue weighted by Gasteiger charge is 2.15. The van der Waals surface area contributed by atoms with E-state index in [-0.39, 0.29) is 12.4 Å². The predicted octanol–water partition coefficient (Wildman–Crippen LogP) is 3.62. The summed E-state index contributed by atoms with van der Waals surface area (Å²) in [5.41, 5.74) is 9.26. The van der Waals surface area contributed by atoms with E-state index in [2.05, 4.69) is 20.2 Å². The average Bonchev–Trinajstić information content (AvgIpc) is 3.34. The molecule has 0 aliphatic heterocycles. The molecule has 0 aliphatic carbocycles. The van der Waals surface area contributed by atoms with E-state index in [1.54, 1.807) is 6.20 Å². The number of aromatic hydroxyl groups is 1. The summed E-state index contributed by atoms with van der Waals surface area (Å²) < 4.78 is 18.7. The van der Waals surface area contributed by atoms with Crippen LogP contribution in [-0.4, -0.2) is 31.4 Å². The van der Waals surface area contributed by atoms with Crippen molar-refractivity contribution >= 4 is 17.0 Å². The largest absolute Gasteiger partial charge is 0.505 e. The highest BCUT2D eigenvalue weighted by molar-refractivity contribution is 5.94. The van der Waals surface area contributed by atoms with Gasteiger partial charge in [0, 0.05) is 5.39 Å². The van der Waals surface area contributed by atoms with E-state index >= 15 is 0 Å². The number of carbonyl (C=O) groups is 1. The van der Waals surface area contributed by atoms with Crippen LogP contribution in [0.2, 0.25) is 0 Å². The highest BCUT2D eigenvalue weighted by atomic mass is 19.1. The number of aromatic nitrogens is 4. The summed E-state index contributed by atoms with van der Waals surface area (Å²) >= 11 is 0. The lowest BCUT2D eigenvalue weighted by Crippen LogP contribution is -2.12. The Kier molecular flexibility index (Phi) is 4.63. The monoisotopic (exact) mass is 395 g/mol. The number of H-pyrrole nitrogens is 2. The number of primary amides is 1. The van der Waals surface area contributed by atoms with Crippen LogP contribution < -0.4 is 5.73 Å². The summed E-state index contributed by atoms with van der Waals surface area (Å²) in [4.78, 5) is 18.0. The number of nitrogens with one attached hydrogen (secondary N) is 2. The molecule has 0 bridgehead atoms. The number of hydrogen-bond donors (Lipinski definition) is 4. The van der Waals surface area contributed by atoms with Crippen LogP contribution in [0.3, 0.4) is 0 Å². The number of halogens is 1. The van der Waals surface area contributed by atoms with E-state index in [0.717, 1.165) is 22.0 Å². The molecule has 0 aliphatic rings. The van der Waals surface area contributed by atoms with Crippen molar-refractivity contribution < 1.29 is 19.0 Å². The maximum absolute atomic E-state index is 13.9. The lowest BCUT2D eigenvalue weighted by molar-refractivity contribution is 0.149. The molecule has 0 atom stereocenters. The standard InChI is InChI=1S/C20H18FN5O3/c1-2-10-6-17(27)15(21)7-14(10)11-3-4-13-16(5-11)25-26-18(13)19-23-8-12(24-19)9-29-20(22)28/h3-8,27H,2,9H2,1H3,(H2,22,28)(H,23,24)(H,25,26). The highest BCUT2D eigenvalue weighted by Crippen LogP contribution is 2.33. The van der Waals surface area contributed by atoms with Crippen molar-refractivity contribution in [3.05, 3.63) is 53.6 Å². The number of nitrogens with zero attached hydrogens (tertiary/aromatic N) is 2. The third kappa shape index (κ3) is 3.49.